The molecule has 2 heterocycles. The van der Waals surface area contributed by atoms with Crippen LogP contribution in [0.2, 0.25) is 0 Å². The molecule has 2 saturated heterocycles. The van der Waals surface area contributed by atoms with Crippen molar-refractivity contribution in [1.29, 1.82) is 0 Å². The fourth-order valence-corrected chi connectivity index (χ4v) is 6.01. The van der Waals surface area contributed by atoms with Crippen LogP contribution in [0.25, 0.3) is 0 Å². The molecule has 3 N–H and O–H groups in total. The van der Waals surface area contributed by atoms with Gasteiger partial charge in [-0.3, -0.25) is 24.6 Å². The number of nitrogens with zero attached hydrogens (tertiary/aromatic N) is 2. The van der Waals surface area contributed by atoms with Crippen molar-refractivity contribution in [3.05, 3.63) is 0 Å². The molecule has 11 nitrogen and oxygen atoms in total. The molecule has 0 spiro atoms. The van der Waals surface area contributed by atoms with Gasteiger partial charge < -0.3 is 20.3 Å². The van der Waals surface area contributed by atoms with Gasteiger partial charge in [0.25, 0.3) is 5.91 Å². The fourth-order valence-electron chi connectivity index (χ4n) is 6.01. The Kier molecular flexibility index (Phi) is 7.93. The zero-order valence-electron chi connectivity index (χ0n) is 24.3. The van der Waals surface area contributed by atoms with Crippen molar-refractivity contribution >= 4 is 29.7 Å². The van der Waals surface area contributed by atoms with Gasteiger partial charge in [0.2, 0.25) is 17.7 Å². The predicted octanol–water partition coefficient (Wildman–Crippen LogP) is 1.81. The Balaban J connectivity index is 1.55. The second-order valence-corrected chi connectivity index (χ2v) is 13.4. The highest BCUT2D eigenvalue weighted by Gasteiger charge is 2.69. The second kappa shape index (κ2) is 10.6. The molecule has 11 heteroatoms. The van der Waals surface area contributed by atoms with Gasteiger partial charge in [-0.2, -0.15) is 0 Å². The third kappa shape index (κ3) is 6.17. The second-order valence-electron chi connectivity index (χ2n) is 13.4. The number of hydrogen-bond acceptors (Lipinski definition) is 6. The number of amides is 5. The highest BCUT2D eigenvalue weighted by Crippen LogP contribution is 2.65. The molecule has 5 amide bonds. The van der Waals surface area contributed by atoms with E-state index in [1.165, 1.54) is 0 Å². The largest absolute Gasteiger partial charge is 0.442 e. The predicted molar refractivity (Wildman–Crippen MR) is 143 cm³/mol. The van der Waals surface area contributed by atoms with Crippen molar-refractivity contribution in [2.24, 2.45) is 35.0 Å². The minimum absolute atomic E-state index is 0.0302. The molecule has 218 valence electrons. The van der Waals surface area contributed by atoms with Crippen molar-refractivity contribution in [2.45, 2.75) is 91.8 Å². The number of fused-ring (bicyclic) bond motifs is 1. The number of rotatable bonds is 8. The van der Waals surface area contributed by atoms with Gasteiger partial charge in [0.1, 0.15) is 17.7 Å². The van der Waals surface area contributed by atoms with E-state index >= 15 is 0 Å². The first kappa shape index (κ1) is 29.1. The lowest BCUT2D eigenvalue weighted by Crippen LogP contribution is -2.60. The number of carbonyl (C=O) groups excluding carboxylic acids is 5. The first-order chi connectivity index (χ1) is 18.2. The van der Waals surface area contributed by atoms with E-state index in [0.717, 1.165) is 17.9 Å². The molecular formula is C28H45N5O6. The lowest BCUT2D eigenvalue weighted by Gasteiger charge is -2.36. The van der Waals surface area contributed by atoms with Crippen LogP contribution < -0.4 is 16.1 Å². The van der Waals surface area contributed by atoms with Gasteiger partial charge in [-0.25, -0.2) is 9.80 Å². The monoisotopic (exact) mass is 547 g/mol. The summed E-state index contributed by atoms with van der Waals surface area (Å²) >= 11 is 0. The zero-order chi connectivity index (χ0) is 28.9. The van der Waals surface area contributed by atoms with E-state index in [4.69, 9.17) is 4.74 Å². The summed E-state index contributed by atoms with van der Waals surface area (Å²) in [5.41, 5.74) is 1.78. The van der Waals surface area contributed by atoms with Gasteiger partial charge in [0.15, 0.2) is 0 Å². The maximum absolute atomic E-state index is 13.9. The SMILES string of the molecule is CC[C@@H](C)[C@H](NC(=O)C1CC1)C(=O)N1C[C@H]2[C@@H]([C@H]1C(=O)NN(C[C@@H]1CCNC1=O)C(=O)OC(C)(C)C)C2(C)C. The van der Waals surface area contributed by atoms with Gasteiger partial charge in [0.05, 0.1) is 12.5 Å². The first-order valence-corrected chi connectivity index (χ1v) is 14.3. The Labute approximate surface area is 231 Å². The van der Waals surface area contributed by atoms with Crippen LogP contribution in [0.5, 0.6) is 0 Å². The molecule has 6 atom stereocenters. The van der Waals surface area contributed by atoms with Gasteiger partial charge in [0, 0.05) is 19.0 Å². The quantitative estimate of drug-likeness (QED) is 0.397. The molecule has 0 bridgehead atoms. The summed E-state index contributed by atoms with van der Waals surface area (Å²) in [6.45, 7) is 14.2. The smallest absolute Gasteiger partial charge is 0.429 e. The van der Waals surface area contributed by atoms with Crippen LogP contribution in [0, 0.1) is 35.0 Å². The lowest BCUT2D eigenvalue weighted by atomic mass is 9.95. The van der Waals surface area contributed by atoms with Crippen LogP contribution in [0.15, 0.2) is 0 Å². The molecule has 0 radical (unpaired) electrons. The molecule has 2 aliphatic heterocycles. The summed E-state index contributed by atoms with van der Waals surface area (Å²) in [6.07, 6.45) is 2.14. The molecule has 2 aliphatic carbocycles. The van der Waals surface area contributed by atoms with E-state index in [2.05, 4.69) is 29.9 Å². The molecule has 2 saturated carbocycles. The van der Waals surface area contributed by atoms with Crippen molar-refractivity contribution in [2.75, 3.05) is 19.6 Å². The van der Waals surface area contributed by atoms with E-state index in [1.807, 2.05) is 13.8 Å². The Bertz CT molecular complexity index is 1020. The third-order valence-corrected chi connectivity index (χ3v) is 8.91. The summed E-state index contributed by atoms with van der Waals surface area (Å²) < 4.78 is 5.53. The number of carbonyl (C=O) groups is 5. The zero-order valence-corrected chi connectivity index (χ0v) is 24.3. The summed E-state index contributed by atoms with van der Waals surface area (Å²) in [5.74, 6) is -1.58. The summed E-state index contributed by atoms with van der Waals surface area (Å²) in [7, 11) is 0. The Morgan fingerprint density at radius 3 is 2.36 bits per heavy atom. The summed E-state index contributed by atoms with van der Waals surface area (Å²) in [4.78, 5) is 67.4. The number of ether oxygens (including phenoxy) is 1. The van der Waals surface area contributed by atoms with Crippen LogP contribution in [0.1, 0.15) is 74.1 Å². The molecule has 0 aromatic rings. The third-order valence-electron chi connectivity index (χ3n) is 8.91. The molecule has 0 aromatic heterocycles. The highest BCUT2D eigenvalue weighted by molar-refractivity contribution is 5.94. The van der Waals surface area contributed by atoms with E-state index in [-0.39, 0.29) is 53.4 Å². The van der Waals surface area contributed by atoms with E-state index in [9.17, 15) is 24.0 Å². The molecule has 4 fully saturated rings. The van der Waals surface area contributed by atoms with Crippen molar-refractivity contribution in [3.8, 4) is 0 Å². The molecule has 0 aromatic carbocycles. The summed E-state index contributed by atoms with van der Waals surface area (Å²) in [6, 6.07) is -1.52. The van der Waals surface area contributed by atoms with Crippen LogP contribution in [0.4, 0.5) is 4.79 Å². The number of nitrogens with one attached hydrogen (secondary N) is 3. The first-order valence-electron chi connectivity index (χ1n) is 14.3. The normalized spacial score (nSPS) is 28.6. The van der Waals surface area contributed by atoms with Gasteiger partial charge >= 0.3 is 6.09 Å². The lowest BCUT2D eigenvalue weighted by molar-refractivity contribution is -0.146. The van der Waals surface area contributed by atoms with Crippen LogP contribution in [-0.4, -0.2) is 76.9 Å². The Morgan fingerprint density at radius 1 is 1.15 bits per heavy atom. The van der Waals surface area contributed by atoms with Gasteiger partial charge in [-0.1, -0.05) is 34.1 Å². The molecule has 0 unspecified atom stereocenters. The van der Waals surface area contributed by atoms with Crippen molar-refractivity contribution in [1.82, 2.24) is 26.0 Å². The van der Waals surface area contributed by atoms with Crippen LogP contribution in [0.3, 0.4) is 0 Å². The molecule has 4 rings (SSSR count). The Morgan fingerprint density at radius 2 is 1.82 bits per heavy atom. The highest BCUT2D eigenvalue weighted by atomic mass is 16.6. The Hall–Kier alpha value is -2.85. The fraction of sp³-hybridized carbons (Fsp3) is 0.821. The summed E-state index contributed by atoms with van der Waals surface area (Å²) in [5, 5.41) is 6.80. The van der Waals surface area contributed by atoms with Crippen molar-refractivity contribution < 1.29 is 28.7 Å². The standard InChI is InChI=1S/C28H45N5O6/c1-8-15(2)20(30-23(35)16-9-10-16)25(37)32-14-18-19(28(18,6)7)21(32)24(36)31-33(26(38)39-27(3,4)5)13-17-11-12-29-22(17)34/h15-21H,8-14H2,1-7H3,(H,29,34)(H,30,35)(H,31,36)/t15-,17+,18+,19+,20+,21+/m1/s1. The maximum Gasteiger partial charge on any atom is 0.429 e. The maximum atomic E-state index is 13.9. The molecule has 4 aliphatic rings. The molecular weight excluding hydrogens is 502 g/mol. The van der Waals surface area contributed by atoms with Gasteiger partial charge in [-0.05, 0) is 63.2 Å². The average molecular weight is 548 g/mol. The van der Waals surface area contributed by atoms with Gasteiger partial charge in [-0.15, -0.1) is 0 Å². The minimum atomic E-state index is -0.805. The van der Waals surface area contributed by atoms with Crippen LogP contribution >= 0.6 is 0 Å². The number of hydrazine groups is 1. The number of likely N-dealkylation sites (tertiary alicyclic amines) is 1. The van der Waals surface area contributed by atoms with E-state index in [1.54, 1.807) is 25.7 Å². The van der Waals surface area contributed by atoms with E-state index in [0.29, 0.717) is 25.9 Å². The average Bonchev–Trinajstić information content (AvgIpc) is 3.66. The topological polar surface area (TPSA) is 137 Å². The number of piperidine rings is 1. The molecule has 39 heavy (non-hydrogen) atoms. The van der Waals surface area contributed by atoms with Crippen LogP contribution in [-0.2, 0) is 23.9 Å². The van der Waals surface area contributed by atoms with Crippen molar-refractivity contribution in [3.63, 3.8) is 0 Å². The van der Waals surface area contributed by atoms with E-state index < -0.39 is 35.6 Å². The minimum Gasteiger partial charge on any atom is -0.442 e. The number of hydrogen-bond donors (Lipinski definition) is 3.